The fourth-order valence-corrected chi connectivity index (χ4v) is 2.79. The largest absolute Gasteiger partial charge is 0.378 e. The molecule has 1 aromatic carbocycles. The van der Waals surface area contributed by atoms with E-state index in [-0.39, 0.29) is 12.1 Å². The molecule has 132 valence electrons. The maximum absolute atomic E-state index is 12.1. The lowest BCUT2D eigenvalue weighted by atomic mass is 10.1. The second-order valence-electron chi connectivity index (χ2n) is 6.08. The van der Waals surface area contributed by atoms with Crippen LogP contribution in [0.25, 0.3) is 0 Å². The Morgan fingerprint density at radius 3 is 2.76 bits per heavy atom. The van der Waals surface area contributed by atoms with Crippen LogP contribution < -0.4 is 15.5 Å². The molecule has 0 bridgehead atoms. The first-order valence-corrected chi connectivity index (χ1v) is 8.59. The van der Waals surface area contributed by atoms with Crippen LogP contribution in [0.1, 0.15) is 24.1 Å². The molecular formula is C19H24N4O2. The summed E-state index contributed by atoms with van der Waals surface area (Å²) in [6, 6.07) is 13.6. The maximum Gasteiger partial charge on any atom is 0.315 e. The van der Waals surface area contributed by atoms with E-state index >= 15 is 0 Å². The molecule has 2 heterocycles. The highest BCUT2D eigenvalue weighted by molar-refractivity contribution is 5.74. The molecule has 1 aromatic heterocycles. The number of hydrogen-bond donors (Lipinski definition) is 2. The van der Waals surface area contributed by atoms with Crippen molar-refractivity contribution < 1.29 is 9.53 Å². The number of benzene rings is 1. The standard InChI is InChI=1S/C19H24N4O2/c1-15(17-5-3-2-4-6-17)22-19(24)21-14-16-7-8-20-18(13-16)23-9-11-25-12-10-23/h2-8,13,15H,9-12,14H2,1H3,(H2,21,22,24). The van der Waals surface area contributed by atoms with Crippen molar-refractivity contribution >= 4 is 11.8 Å². The van der Waals surface area contributed by atoms with E-state index in [9.17, 15) is 4.79 Å². The Labute approximate surface area is 148 Å². The summed E-state index contributed by atoms with van der Waals surface area (Å²) in [4.78, 5) is 18.7. The Bertz CT molecular complexity index is 687. The van der Waals surface area contributed by atoms with Crippen LogP contribution in [0, 0.1) is 0 Å². The lowest BCUT2D eigenvalue weighted by Crippen LogP contribution is -2.37. The van der Waals surface area contributed by atoms with E-state index in [1.165, 1.54) is 0 Å². The molecule has 1 aliphatic rings. The van der Waals surface area contributed by atoms with Gasteiger partial charge in [0, 0.05) is 25.8 Å². The molecule has 1 aliphatic heterocycles. The highest BCUT2D eigenvalue weighted by Gasteiger charge is 2.13. The van der Waals surface area contributed by atoms with E-state index in [0.717, 1.165) is 43.2 Å². The molecule has 2 amide bonds. The van der Waals surface area contributed by atoms with Crippen LogP contribution in [-0.4, -0.2) is 37.3 Å². The van der Waals surface area contributed by atoms with Crippen molar-refractivity contribution in [3.8, 4) is 0 Å². The number of aromatic nitrogens is 1. The van der Waals surface area contributed by atoms with Gasteiger partial charge in [-0.15, -0.1) is 0 Å². The average molecular weight is 340 g/mol. The van der Waals surface area contributed by atoms with Gasteiger partial charge in [-0.3, -0.25) is 0 Å². The predicted octanol–water partition coefficient (Wildman–Crippen LogP) is 2.48. The van der Waals surface area contributed by atoms with E-state index in [1.54, 1.807) is 6.20 Å². The molecule has 0 spiro atoms. The summed E-state index contributed by atoms with van der Waals surface area (Å²) in [6.45, 7) is 5.58. The van der Waals surface area contributed by atoms with Crippen LogP contribution in [0.2, 0.25) is 0 Å². The Morgan fingerprint density at radius 1 is 1.24 bits per heavy atom. The van der Waals surface area contributed by atoms with Gasteiger partial charge in [0.25, 0.3) is 0 Å². The zero-order chi connectivity index (χ0) is 17.5. The van der Waals surface area contributed by atoms with E-state index in [4.69, 9.17) is 4.74 Å². The Hall–Kier alpha value is -2.60. The number of carbonyl (C=O) groups excluding carboxylic acids is 1. The van der Waals surface area contributed by atoms with Gasteiger partial charge >= 0.3 is 6.03 Å². The van der Waals surface area contributed by atoms with Crippen LogP contribution in [0.3, 0.4) is 0 Å². The smallest absolute Gasteiger partial charge is 0.315 e. The summed E-state index contributed by atoms with van der Waals surface area (Å²) in [6.07, 6.45) is 1.78. The molecule has 25 heavy (non-hydrogen) atoms. The minimum absolute atomic E-state index is 0.0393. The third-order valence-corrected chi connectivity index (χ3v) is 4.25. The van der Waals surface area contributed by atoms with Gasteiger partial charge in [-0.05, 0) is 30.2 Å². The summed E-state index contributed by atoms with van der Waals surface area (Å²) in [5.74, 6) is 0.931. The van der Waals surface area contributed by atoms with Crippen LogP contribution in [-0.2, 0) is 11.3 Å². The minimum atomic E-state index is -0.180. The van der Waals surface area contributed by atoms with E-state index in [1.807, 2.05) is 49.4 Å². The van der Waals surface area contributed by atoms with Crippen molar-refractivity contribution in [1.29, 1.82) is 0 Å². The molecule has 0 saturated carbocycles. The summed E-state index contributed by atoms with van der Waals surface area (Å²) in [5, 5.41) is 5.86. The number of nitrogens with zero attached hydrogens (tertiary/aromatic N) is 2. The van der Waals surface area contributed by atoms with Crippen LogP contribution in [0.4, 0.5) is 10.6 Å². The van der Waals surface area contributed by atoms with Gasteiger partial charge < -0.3 is 20.3 Å². The third kappa shape index (κ3) is 4.93. The first-order chi connectivity index (χ1) is 12.2. The highest BCUT2D eigenvalue weighted by atomic mass is 16.5. The molecular weight excluding hydrogens is 316 g/mol. The molecule has 2 N–H and O–H groups in total. The van der Waals surface area contributed by atoms with Crippen LogP contribution in [0.5, 0.6) is 0 Å². The number of anilines is 1. The first kappa shape index (κ1) is 17.2. The SMILES string of the molecule is CC(NC(=O)NCc1ccnc(N2CCOCC2)c1)c1ccccc1. The number of rotatable bonds is 5. The molecule has 0 radical (unpaired) electrons. The second kappa shape index (κ2) is 8.48. The summed E-state index contributed by atoms with van der Waals surface area (Å²) >= 11 is 0. The Balaban J connectivity index is 1.52. The quantitative estimate of drug-likeness (QED) is 0.877. The van der Waals surface area contributed by atoms with Gasteiger partial charge in [-0.2, -0.15) is 0 Å². The number of nitrogens with one attached hydrogen (secondary N) is 2. The van der Waals surface area contributed by atoms with Gasteiger partial charge in [-0.1, -0.05) is 30.3 Å². The molecule has 1 atom stereocenters. The Kier molecular flexibility index (Phi) is 5.85. The van der Waals surface area contributed by atoms with Crippen molar-refractivity contribution in [2.75, 3.05) is 31.2 Å². The number of carbonyl (C=O) groups is 1. The number of urea groups is 1. The van der Waals surface area contributed by atoms with E-state index in [2.05, 4.69) is 20.5 Å². The fraction of sp³-hybridized carbons (Fsp3) is 0.368. The van der Waals surface area contributed by atoms with Crippen molar-refractivity contribution in [3.63, 3.8) is 0 Å². The number of hydrogen-bond acceptors (Lipinski definition) is 4. The van der Waals surface area contributed by atoms with Crippen molar-refractivity contribution in [1.82, 2.24) is 15.6 Å². The van der Waals surface area contributed by atoms with Gasteiger partial charge in [0.2, 0.25) is 0 Å². The van der Waals surface area contributed by atoms with Crippen LogP contribution in [0.15, 0.2) is 48.7 Å². The first-order valence-electron chi connectivity index (χ1n) is 8.59. The zero-order valence-electron chi connectivity index (χ0n) is 14.4. The van der Waals surface area contributed by atoms with Gasteiger partial charge in [0.15, 0.2) is 0 Å². The van der Waals surface area contributed by atoms with E-state index < -0.39 is 0 Å². The minimum Gasteiger partial charge on any atom is -0.378 e. The number of ether oxygens (including phenoxy) is 1. The summed E-state index contributed by atoms with van der Waals surface area (Å²) in [7, 11) is 0. The second-order valence-corrected chi connectivity index (χ2v) is 6.08. The molecule has 1 saturated heterocycles. The van der Waals surface area contributed by atoms with Gasteiger partial charge in [0.05, 0.1) is 19.3 Å². The fourth-order valence-electron chi connectivity index (χ4n) is 2.79. The van der Waals surface area contributed by atoms with Crippen LogP contribution >= 0.6 is 0 Å². The highest BCUT2D eigenvalue weighted by Crippen LogP contribution is 2.14. The third-order valence-electron chi connectivity index (χ3n) is 4.25. The van der Waals surface area contributed by atoms with E-state index in [0.29, 0.717) is 6.54 Å². The lowest BCUT2D eigenvalue weighted by Gasteiger charge is -2.28. The molecule has 1 fully saturated rings. The topological polar surface area (TPSA) is 66.5 Å². The van der Waals surface area contributed by atoms with Gasteiger partial charge in [0.1, 0.15) is 5.82 Å². The van der Waals surface area contributed by atoms with Gasteiger partial charge in [-0.25, -0.2) is 9.78 Å². The normalized spacial score (nSPS) is 15.5. The molecule has 1 unspecified atom stereocenters. The predicted molar refractivity (Wildman–Crippen MR) is 97.5 cm³/mol. The van der Waals surface area contributed by atoms with Crippen molar-refractivity contribution in [2.45, 2.75) is 19.5 Å². The van der Waals surface area contributed by atoms with Crippen molar-refractivity contribution in [2.24, 2.45) is 0 Å². The Morgan fingerprint density at radius 2 is 2.00 bits per heavy atom. The maximum atomic E-state index is 12.1. The molecule has 3 rings (SSSR count). The number of amides is 2. The molecule has 6 heteroatoms. The summed E-state index contributed by atoms with van der Waals surface area (Å²) < 4.78 is 5.37. The average Bonchev–Trinajstić information content (AvgIpc) is 2.68. The number of morpholine rings is 1. The lowest BCUT2D eigenvalue weighted by molar-refractivity contribution is 0.122. The zero-order valence-corrected chi connectivity index (χ0v) is 14.4. The van der Waals surface area contributed by atoms with Crippen molar-refractivity contribution in [3.05, 3.63) is 59.8 Å². The molecule has 2 aromatic rings. The summed E-state index contributed by atoms with van der Waals surface area (Å²) in [5.41, 5.74) is 2.11. The number of pyridine rings is 1. The molecule has 0 aliphatic carbocycles. The molecule has 6 nitrogen and oxygen atoms in total. The monoisotopic (exact) mass is 340 g/mol.